The summed E-state index contributed by atoms with van der Waals surface area (Å²) in [5.74, 6) is -0.684. The van der Waals surface area contributed by atoms with Crippen LogP contribution in [0.1, 0.15) is 42.1 Å². The van der Waals surface area contributed by atoms with E-state index in [1.165, 1.54) is 47.8 Å². The van der Waals surface area contributed by atoms with E-state index < -0.39 is 21.7 Å². The predicted octanol–water partition coefficient (Wildman–Crippen LogP) is 3.96. The predicted molar refractivity (Wildman–Crippen MR) is 109 cm³/mol. The number of halogens is 1. The number of sulfonamides is 1. The van der Waals surface area contributed by atoms with E-state index in [0.717, 1.165) is 19.3 Å². The first kappa shape index (κ1) is 21.3. The lowest BCUT2D eigenvalue weighted by atomic mass is 10.1. The van der Waals surface area contributed by atoms with E-state index >= 15 is 0 Å². The van der Waals surface area contributed by atoms with Crippen molar-refractivity contribution >= 4 is 21.6 Å². The normalized spacial score (nSPS) is 17.7. The highest BCUT2D eigenvalue weighted by Crippen LogP contribution is 2.32. The number of anilines is 1. The lowest BCUT2D eigenvalue weighted by Gasteiger charge is -2.32. The van der Waals surface area contributed by atoms with E-state index in [1.807, 2.05) is 6.92 Å². The Labute approximate surface area is 170 Å². The first-order valence-corrected chi connectivity index (χ1v) is 11.0. The zero-order valence-electron chi connectivity index (χ0n) is 16.7. The van der Waals surface area contributed by atoms with Crippen LogP contribution in [0.4, 0.5) is 10.1 Å². The lowest BCUT2D eigenvalue weighted by Crippen LogP contribution is -2.42. The fourth-order valence-electron chi connectivity index (χ4n) is 3.54. The van der Waals surface area contributed by atoms with E-state index in [2.05, 4.69) is 5.32 Å². The van der Waals surface area contributed by atoms with Gasteiger partial charge in [0.05, 0.1) is 7.11 Å². The molecule has 29 heavy (non-hydrogen) atoms. The van der Waals surface area contributed by atoms with Gasteiger partial charge in [0.15, 0.2) is 0 Å². The summed E-state index contributed by atoms with van der Waals surface area (Å²) >= 11 is 0. The number of hydrogen-bond donors (Lipinski definition) is 1. The molecular formula is C21H25FN2O4S. The van der Waals surface area contributed by atoms with E-state index in [1.54, 1.807) is 6.92 Å². The number of hydrogen-bond acceptors (Lipinski definition) is 4. The number of carbonyl (C=O) groups excluding carboxylic acids is 1. The molecule has 2 aromatic carbocycles. The smallest absolute Gasteiger partial charge is 0.255 e. The van der Waals surface area contributed by atoms with Crippen LogP contribution >= 0.6 is 0 Å². The molecule has 1 heterocycles. The largest absolute Gasteiger partial charge is 0.495 e. The minimum Gasteiger partial charge on any atom is -0.495 e. The van der Waals surface area contributed by atoms with Gasteiger partial charge in [0.2, 0.25) is 10.0 Å². The van der Waals surface area contributed by atoms with E-state index in [4.69, 9.17) is 4.74 Å². The number of methoxy groups -OCH3 is 1. The molecule has 156 valence electrons. The summed E-state index contributed by atoms with van der Waals surface area (Å²) in [6, 6.07) is 8.25. The molecule has 0 spiro atoms. The molecule has 1 saturated heterocycles. The van der Waals surface area contributed by atoms with Crippen molar-refractivity contribution in [1.29, 1.82) is 0 Å². The van der Waals surface area contributed by atoms with Gasteiger partial charge in [-0.15, -0.1) is 0 Å². The maximum Gasteiger partial charge on any atom is 0.255 e. The number of rotatable bonds is 5. The van der Waals surface area contributed by atoms with Gasteiger partial charge in [-0.05, 0) is 68.7 Å². The number of piperidine rings is 1. The number of benzene rings is 2. The van der Waals surface area contributed by atoms with Gasteiger partial charge in [-0.1, -0.05) is 6.42 Å². The quantitative estimate of drug-likeness (QED) is 0.795. The number of carbonyl (C=O) groups is 1. The first-order chi connectivity index (χ1) is 13.7. The van der Waals surface area contributed by atoms with E-state index in [-0.39, 0.29) is 22.3 Å². The van der Waals surface area contributed by atoms with Gasteiger partial charge in [-0.25, -0.2) is 12.8 Å². The van der Waals surface area contributed by atoms with Gasteiger partial charge in [0, 0.05) is 23.8 Å². The molecular weight excluding hydrogens is 395 g/mol. The summed E-state index contributed by atoms with van der Waals surface area (Å²) < 4.78 is 46.6. The summed E-state index contributed by atoms with van der Waals surface area (Å²) in [7, 11) is -2.42. The molecule has 1 aliphatic rings. The minimum absolute atomic E-state index is 0.0303. The van der Waals surface area contributed by atoms with Crippen LogP contribution < -0.4 is 10.1 Å². The third-order valence-corrected chi connectivity index (χ3v) is 7.23. The van der Waals surface area contributed by atoms with Crippen LogP contribution in [0.15, 0.2) is 41.3 Å². The number of nitrogens with one attached hydrogen (secondary N) is 1. The summed E-state index contributed by atoms with van der Waals surface area (Å²) in [4.78, 5) is 12.7. The van der Waals surface area contributed by atoms with Gasteiger partial charge < -0.3 is 10.1 Å². The Balaban J connectivity index is 1.95. The summed E-state index contributed by atoms with van der Waals surface area (Å²) in [6.07, 6.45) is 2.59. The average Bonchev–Trinajstić information content (AvgIpc) is 2.69. The molecule has 1 atom stereocenters. The van der Waals surface area contributed by atoms with Crippen LogP contribution in [0.3, 0.4) is 0 Å². The molecule has 0 radical (unpaired) electrons. The third kappa shape index (κ3) is 4.43. The SMILES string of the molecule is COc1ccc(C(=O)Nc2ccc(F)cc2C)cc1S(=O)(=O)N1CCCC[C@@H]1C. The Morgan fingerprint density at radius 3 is 2.62 bits per heavy atom. The van der Waals surface area contributed by atoms with E-state index in [9.17, 15) is 17.6 Å². The molecule has 0 bridgehead atoms. The maximum atomic E-state index is 13.3. The van der Waals surface area contributed by atoms with Gasteiger partial charge >= 0.3 is 0 Å². The first-order valence-electron chi connectivity index (χ1n) is 9.51. The molecule has 6 nitrogen and oxygen atoms in total. The second-order valence-corrected chi connectivity index (χ2v) is 9.10. The molecule has 8 heteroatoms. The van der Waals surface area contributed by atoms with Crippen molar-refractivity contribution in [2.75, 3.05) is 19.0 Å². The minimum atomic E-state index is -3.82. The Morgan fingerprint density at radius 2 is 1.97 bits per heavy atom. The molecule has 1 amide bonds. The van der Waals surface area contributed by atoms with Crippen LogP contribution in [0.2, 0.25) is 0 Å². The van der Waals surface area contributed by atoms with Crippen molar-refractivity contribution in [3.05, 3.63) is 53.3 Å². The van der Waals surface area contributed by atoms with Gasteiger partial charge in [-0.2, -0.15) is 4.31 Å². The number of amides is 1. The van der Waals surface area contributed by atoms with Crippen molar-refractivity contribution in [1.82, 2.24) is 4.31 Å². The molecule has 1 fully saturated rings. The lowest BCUT2D eigenvalue weighted by molar-refractivity contribution is 0.102. The monoisotopic (exact) mass is 420 g/mol. The summed E-state index contributed by atoms with van der Waals surface area (Å²) in [5.41, 5.74) is 1.21. The van der Waals surface area contributed by atoms with Crippen molar-refractivity contribution in [2.24, 2.45) is 0 Å². The highest BCUT2D eigenvalue weighted by Gasteiger charge is 2.33. The van der Waals surface area contributed by atoms with Crippen LogP contribution in [0, 0.1) is 12.7 Å². The molecule has 0 unspecified atom stereocenters. The Bertz CT molecular complexity index is 1020. The zero-order chi connectivity index (χ0) is 21.2. The second kappa shape index (κ2) is 8.51. The highest BCUT2D eigenvalue weighted by atomic mass is 32.2. The van der Waals surface area contributed by atoms with Crippen molar-refractivity contribution in [2.45, 2.75) is 44.0 Å². The Hall–Kier alpha value is -2.45. The molecule has 1 aliphatic heterocycles. The van der Waals surface area contributed by atoms with Gasteiger partial charge in [0.25, 0.3) is 5.91 Å². The van der Waals surface area contributed by atoms with Crippen molar-refractivity contribution in [3.63, 3.8) is 0 Å². The van der Waals surface area contributed by atoms with Crippen LogP contribution in [-0.2, 0) is 10.0 Å². The second-order valence-electron chi connectivity index (χ2n) is 7.24. The standard InChI is InChI=1S/C21H25FN2O4S/c1-14-12-17(22)8-9-18(14)23-21(25)16-7-10-19(28-3)20(13-16)29(26,27)24-11-5-4-6-15(24)2/h7-10,12-13,15H,4-6,11H2,1-3H3,(H,23,25)/t15-/m0/s1. The average molecular weight is 421 g/mol. The van der Waals surface area contributed by atoms with Crippen molar-refractivity contribution in [3.8, 4) is 5.75 Å². The van der Waals surface area contributed by atoms with Gasteiger partial charge in [0.1, 0.15) is 16.5 Å². The maximum absolute atomic E-state index is 13.3. The van der Waals surface area contributed by atoms with Crippen LogP contribution in [0.5, 0.6) is 5.75 Å². The van der Waals surface area contributed by atoms with Crippen molar-refractivity contribution < 1.29 is 22.3 Å². The number of nitrogens with zero attached hydrogens (tertiary/aromatic N) is 1. The fourth-order valence-corrected chi connectivity index (χ4v) is 5.42. The zero-order valence-corrected chi connectivity index (χ0v) is 17.6. The summed E-state index contributed by atoms with van der Waals surface area (Å²) in [6.45, 7) is 4.01. The topological polar surface area (TPSA) is 75.7 Å². The molecule has 2 aromatic rings. The molecule has 0 saturated carbocycles. The summed E-state index contributed by atoms with van der Waals surface area (Å²) in [5, 5.41) is 2.70. The number of ether oxygens (including phenoxy) is 1. The fraction of sp³-hybridized carbons (Fsp3) is 0.381. The number of aryl methyl sites for hydroxylation is 1. The van der Waals surface area contributed by atoms with Gasteiger partial charge in [-0.3, -0.25) is 4.79 Å². The molecule has 0 aliphatic carbocycles. The molecule has 3 rings (SSSR count). The highest BCUT2D eigenvalue weighted by molar-refractivity contribution is 7.89. The Kier molecular flexibility index (Phi) is 6.24. The van der Waals surface area contributed by atoms with Crippen LogP contribution in [-0.4, -0.2) is 38.3 Å². The third-order valence-electron chi connectivity index (χ3n) is 5.19. The van der Waals surface area contributed by atoms with Crippen LogP contribution in [0.25, 0.3) is 0 Å². The molecule has 0 aromatic heterocycles. The molecule has 1 N–H and O–H groups in total. The Morgan fingerprint density at radius 1 is 1.21 bits per heavy atom. The van der Waals surface area contributed by atoms with E-state index in [0.29, 0.717) is 17.8 Å².